The Labute approximate surface area is 149 Å². The van der Waals surface area contributed by atoms with Gasteiger partial charge in [0, 0.05) is 18.3 Å². The number of para-hydroxylation sites is 1. The van der Waals surface area contributed by atoms with Crippen LogP contribution in [0.2, 0.25) is 0 Å². The minimum absolute atomic E-state index is 0.0184. The van der Waals surface area contributed by atoms with Crippen LogP contribution in [0.3, 0.4) is 0 Å². The first kappa shape index (κ1) is 17.6. The van der Waals surface area contributed by atoms with Gasteiger partial charge in [-0.2, -0.15) is 13.9 Å². The SMILES string of the molecule is O=C(NCCc1cnn(-c2ccccc2)c1)c1ccc(OC(F)F)cc1. The Kier molecular flexibility index (Phi) is 5.58. The Morgan fingerprint density at radius 1 is 1.12 bits per heavy atom. The molecule has 0 aliphatic rings. The number of aromatic nitrogens is 2. The molecule has 0 atom stereocenters. The van der Waals surface area contributed by atoms with E-state index in [0.29, 0.717) is 18.5 Å². The molecule has 5 nitrogen and oxygen atoms in total. The zero-order chi connectivity index (χ0) is 18.4. The summed E-state index contributed by atoms with van der Waals surface area (Å²) in [6, 6.07) is 15.3. The summed E-state index contributed by atoms with van der Waals surface area (Å²) in [5.41, 5.74) is 2.34. The fraction of sp³-hybridized carbons (Fsp3) is 0.158. The average molecular weight is 357 g/mol. The monoisotopic (exact) mass is 357 g/mol. The van der Waals surface area contributed by atoms with Crippen LogP contribution in [-0.2, 0) is 6.42 Å². The molecule has 3 rings (SSSR count). The van der Waals surface area contributed by atoms with Gasteiger partial charge in [0.25, 0.3) is 5.91 Å². The lowest BCUT2D eigenvalue weighted by Gasteiger charge is -2.06. The van der Waals surface area contributed by atoms with Crippen LogP contribution in [-0.4, -0.2) is 28.8 Å². The van der Waals surface area contributed by atoms with Crippen LogP contribution in [0.5, 0.6) is 5.75 Å². The molecule has 26 heavy (non-hydrogen) atoms. The van der Waals surface area contributed by atoms with E-state index >= 15 is 0 Å². The molecule has 1 amide bonds. The van der Waals surface area contributed by atoms with Crippen molar-refractivity contribution in [2.45, 2.75) is 13.0 Å². The molecule has 7 heteroatoms. The highest BCUT2D eigenvalue weighted by molar-refractivity contribution is 5.94. The molecule has 2 aromatic carbocycles. The minimum Gasteiger partial charge on any atom is -0.435 e. The third kappa shape index (κ3) is 4.66. The van der Waals surface area contributed by atoms with Crippen molar-refractivity contribution < 1.29 is 18.3 Å². The second-order valence-corrected chi connectivity index (χ2v) is 5.54. The summed E-state index contributed by atoms with van der Waals surface area (Å²) in [6.45, 7) is -2.44. The molecule has 0 bridgehead atoms. The molecule has 0 unspecified atom stereocenters. The standard InChI is InChI=1S/C19H17F2N3O2/c20-19(21)26-17-8-6-15(7-9-17)18(25)22-11-10-14-12-23-24(13-14)16-4-2-1-3-5-16/h1-9,12-13,19H,10-11H2,(H,22,25). The summed E-state index contributed by atoms with van der Waals surface area (Å²) in [5.74, 6) is -0.256. The number of amides is 1. The van der Waals surface area contributed by atoms with Gasteiger partial charge in [-0.15, -0.1) is 0 Å². The molecule has 1 N–H and O–H groups in total. The first-order chi connectivity index (χ1) is 12.6. The van der Waals surface area contributed by atoms with E-state index in [1.807, 2.05) is 36.5 Å². The van der Waals surface area contributed by atoms with Crippen LogP contribution in [0.4, 0.5) is 8.78 Å². The molecular formula is C19H17F2N3O2. The van der Waals surface area contributed by atoms with Crippen LogP contribution >= 0.6 is 0 Å². The maximum Gasteiger partial charge on any atom is 0.387 e. The predicted octanol–water partition coefficient (Wildman–Crippen LogP) is 3.45. The Hall–Kier alpha value is -3.22. The van der Waals surface area contributed by atoms with Gasteiger partial charge in [0.2, 0.25) is 0 Å². The number of rotatable bonds is 7. The van der Waals surface area contributed by atoms with E-state index in [0.717, 1.165) is 11.3 Å². The van der Waals surface area contributed by atoms with Crippen molar-refractivity contribution in [3.05, 3.63) is 78.1 Å². The fourth-order valence-corrected chi connectivity index (χ4v) is 2.42. The predicted molar refractivity (Wildman–Crippen MR) is 92.7 cm³/mol. The number of nitrogens with zero attached hydrogens (tertiary/aromatic N) is 2. The number of hydrogen-bond donors (Lipinski definition) is 1. The van der Waals surface area contributed by atoms with E-state index in [1.54, 1.807) is 10.9 Å². The van der Waals surface area contributed by atoms with Crippen molar-refractivity contribution in [2.75, 3.05) is 6.54 Å². The maximum absolute atomic E-state index is 12.1. The van der Waals surface area contributed by atoms with E-state index in [4.69, 9.17) is 0 Å². The van der Waals surface area contributed by atoms with Gasteiger partial charge in [0.1, 0.15) is 5.75 Å². The lowest BCUT2D eigenvalue weighted by Crippen LogP contribution is -2.25. The first-order valence-electron chi connectivity index (χ1n) is 8.04. The Morgan fingerprint density at radius 2 is 1.85 bits per heavy atom. The highest BCUT2D eigenvalue weighted by Gasteiger charge is 2.08. The van der Waals surface area contributed by atoms with Crippen molar-refractivity contribution in [1.29, 1.82) is 0 Å². The average Bonchev–Trinajstić information content (AvgIpc) is 3.11. The number of alkyl halides is 2. The molecule has 0 fully saturated rings. The summed E-state index contributed by atoms with van der Waals surface area (Å²) in [6.07, 6.45) is 4.30. The van der Waals surface area contributed by atoms with Crippen molar-refractivity contribution in [2.24, 2.45) is 0 Å². The molecule has 0 saturated heterocycles. The number of halogens is 2. The maximum atomic E-state index is 12.1. The normalized spacial score (nSPS) is 10.7. The van der Waals surface area contributed by atoms with Gasteiger partial charge in [0.15, 0.2) is 0 Å². The fourth-order valence-electron chi connectivity index (χ4n) is 2.42. The highest BCUT2D eigenvalue weighted by atomic mass is 19.3. The second-order valence-electron chi connectivity index (χ2n) is 5.54. The van der Waals surface area contributed by atoms with Crippen molar-refractivity contribution in [3.63, 3.8) is 0 Å². The van der Waals surface area contributed by atoms with Crippen LogP contribution in [0.1, 0.15) is 15.9 Å². The second kappa shape index (κ2) is 8.24. The van der Waals surface area contributed by atoms with E-state index in [2.05, 4.69) is 15.2 Å². The van der Waals surface area contributed by atoms with Crippen molar-refractivity contribution in [3.8, 4) is 11.4 Å². The molecule has 0 radical (unpaired) electrons. The zero-order valence-corrected chi connectivity index (χ0v) is 13.8. The van der Waals surface area contributed by atoms with E-state index < -0.39 is 6.61 Å². The number of carbonyl (C=O) groups excluding carboxylic acids is 1. The molecule has 0 saturated carbocycles. The summed E-state index contributed by atoms with van der Waals surface area (Å²) >= 11 is 0. The quantitative estimate of drug-likeness (QED) is 0.705. The van der Waals surface area contributed by atoms with E-state index in [1.165, 1.54) is 24.3 Å². The Balaban J connectivity index is 1.50. The van der Waals surface area contributed by atoms with Gasteiger partial charge < -0.3 is 10.1 Å². The largest absolute Gasteiger partial charge is 0.435 e. The molecule has 0 aliphatic carbocycles. The molecule has 0 spiro atoms. The van der Waals surface area contributed by atoms with Crippen LogP contribution in [0, 0.1) is 0 Å². The molecular weight excluding hydrogens is 340 g/mol. The lowest BCUT2D eigenvalue weighted by atomic mass is 10.2. The minimum atomic E-state index is -2.88. The van der Waals surface area contributed by atoms with Gasteiger partial charge in [-0.1, -0.05) is 18.2 Å². The number of benzene rings is 2. The first-order valence-corrected chi connectivity index (χ1v) is 8.04. The Bertz CT molecular complexity index is 849. The molecule has 1 heterocycles. The molecule has 134 valence electrons. The summed E-state index contributed by atoms with van der Waals surface area (Å²) in [4.78, 5) is 12.1. The van der Waals surface area contributed by atoms with Crippen LogP contribution < -0.4 is 10.1 Å². The number of hydrogen-bond acceptors (Lipinski definition) is 3. The Morgan fingerprint density at radius 3 is 2.54 bits per heavy atom. The van der Waals surface area contributed by atoms with Gasteiger partial charge in [0.05, 0.1) is 11.9 Å². The summed E-state index contributed by atoms with van der Waals surface area (Å²) in [5, 5.41) is 7.10. The smallest absolute Gasteiger partial charge is 0.387 e. The summed E-state index contributed by atoms with van der Waals surface area (Å²) in [7, 11) is 0. The van der Waals surface area contributed by atoms with Gasteiger partial charge in [-0.3, -0.25) is 4.79 Å². The van der Waals surface area contributed by atoms with E-state index in [9.17, 15) is 13.6 Å². The summed E-state index contributed by atoms with van der Waals surface area (Å²) < 4.78 is 30.2. The third-order valence-electron chi connectivity index (χ3n) is 3.70. The number of nitrogens with one attached hydrogen (secondary N) is 1. The number of ether oxygens (including phenoxy) is 1. The lowest BCUT2D eigenvalue weighted by molar-refractivity contribution is -0.0498. The molecule has 1 aromatic heterocycles. The molecule has 3 aromatic rings. The van der Waals surface area contributed by atoms with E-state index in [-0.39, 0.29) is 11.7 Å². The van der Waals surface area contributed by atoms with Crippen LogP contribution in [0.25, 0.3) is 5.69 Å². The van der Waals surface area contributed by atoms with Gasteiger partial charge in [-0.25, -0.2) is 4.68 Å². The highest BCUT2D eigenvalue weighted by Crippen LogP contribution is 2.15. The van der Waals surface area contributed by atoms with Gasteiger partial charge >= 0.3 is 6.61 Å². The van der Waals surface area contributed by atoms with Crippen LogP contribution in [0.15, 0.2) is 67.0 Å². The molecule has 0 aliphatic heterocycles. The zero-order valence-electron chi connectivity index (χ0n) is 13.8. The van der Waals surface area contributed by atoms with Crippen molar-refractivity contribution >= 4 is 5.91 Å². The number of carbonyl (C=O) groups is 1. The third-order valence-corrected chi connectivity index (χ3v) is 3.70. The topological polar surface area (TPSA) is 56.2 Å². The van der Waals surface area contributed by atoms with Crippen molar-refractivity contribution in [1.82, 2.24) is 15.1 Å². The van der Waals surface area contributed by atoms with Gasteiger partial charge in [-0.05, 0) is 48.4 Å².